The third kappa shape index (κ3) is 3.25. The number of rotatable bonds is 3. The van der Waals surface area contributed by atoms with Crippen molar-refractivity contribution in [1.82, 2.24) is 9.97 Å². The maximum Gasteiger partial charge on any atom is 0.134 e. The van der Waals surface area contributed by atoms with Crippen LogP contribution in [0.1, 0.15) is 11.1 Å². The zero-order valence-corrected chi connectivity index (χ0v) is 14.4. The maximum atomic E-state index is 9.06. The summed E-state index contributed by atoms with van der Waals surface area (Å²) in [5.74, 6) is 1.90. The highest BCUT2D eigenvalue weighted by Gasteiger charge is 2.19. The molecular weight excluding hydrogens is 300 g/mol. The molecule has 1 fully saturated rings. The van der Waals surface area contributed by atoms with Gasteiger partial charge in [0.1, 0.15) is 18.0 Å². The summed E-state index contributed by atoms with van der Waals surface area (Å²) in [4.78, 5) is 15.3. The Balaban J connectivity index is 1.69. The van der Waals surface area contributed by atoms with Crippen molar-refractivity contribution in [2.45, 2.75) is 6.92 Å². The first kappa shape index (κ1) is 16.1. The lowest BCUT2D eigenvalue weighted by Gasteiger charge is -2.37. The summed E-state index contributed by atoms with van der Waals surface area (Å²) in [7, 11) is 3.97. The molecule has 1 aliphatic heterocycles. The fourth-order valence-electron chi connectivity index (χ4n) is 2.92. The number of aryl methyl sites for hydroxylation is 1. The van der Waals surface area contributed by atoms with Gasteiger partial charge in [-0.2, -0.15) is 5.26 Å². The second kappa shape index (κ2) is 6.75. The molecule has 6 nitrogen and oxygen atoms in total. The molecule has 0 unspecified atom stereocenters. The van der Waals surface area contributed by atoms with E-state index in [-0.39, 0.29) is 0 Å². The number of hydrogen-bond acceptors (Lipinski definition) is 6. The largest absolute Gasteiger partial charge is 0.368 e. The first-order valence-corrected chi connectivity index (χ1v) is 8.08. The van der Waals surface area contributed by atoms with Gasteiger partial charge < -0.3 is 14.7 Å². The van der Waals surface area contributed by atoms with Crippen molar-refractivity contribution in [3.63, 3.8) is 0 Å². The summed E-state index contributed by atoms with van der Waals surface area (Å²) < 4.78 is 0. The predicted molar refractivity (Wildman–Crippen MR) is 96.7 cm³/mol. The predicted octanol–water partition coefficient (Wildman–Crippen LogP) is 2.05. The molecule has 1 saturated heterocycles. The summed E-state index contributed by atoms with van der Waals surface area (Å²) in [6.45, 7) is 5.70. The molecule has 1 aromatic carbocycles. The van der Waals surface area contributed by atoms with Crippen LogP contribution in [0.25, 0.3) is 0 Å². The summed E-state index contributed by atoms with van der Waals surface area (Å²) in [6.07, 6.45) is 1.63. The van der Waals surface area contributed by atoms with Crippen molar-refractivity contribution in [3.05, 3.63) is 41.7 Å². The number of anilines is 3. The lowest BCUT2D eigenvalue weighted by Crippen LogP contribution is -2.46. The van der Waals surface area contributed by atoms with Crippen molar-refractivity contribution >= 4 is 17.3 Å². The molecule has 3 rings (SSSR count). The van der Waals surface area contributed by atoms with E-state index < -0.39 is 0 Å². The van der Waals surface area contributed by atoms with Gasteiger partial charge in [-0.25, -0.2) is 9.97 Å². The zero-order valence-electron chi connectivity index (χ0n) is 14.4. The van der Waals surface area contributed by atoms with Gasteiger partial charge in [0, 0.05) is 52.0 Å². The number of piperazine rings is 1. The van der Waals surface area contributed by atoms with Crippen molar-refractivity contribution in [1.29, 1.82) is 5.26 Å². The summed E-state index contributed by atoms with van der Waals surface area (Å²) in [6, 6.07) is 10.3. The molecular formula is C18H22N6. The molecule has 1 aromatic heterocycles. The molecule has 0 spiro atoms. The van der Waals surface area contributed by atoms with Crippen LogP contribution in [0.3, 0.4) is 0 Å². The molecule has 0 aliphatic carbocycles. The standard InChI is InChI=1S/C18H22N6/c1-14-10-16(5-4-15(14)12-19)23-6-8-24(9-7-23)18-11-17(22(2)3)20-13-21-18/h4-5,10-11,13H,6-9H2,1-3H3. The Hall–Kier alpha value is -2.81. The fraction of sp³-hybridized carbons (Fsp3) is 0.389. The van der Waals surface area contributed by atoms with E-state index in [2.05, 4.69) is 31.9 Å². The minimum atomic E-state index is 0.745. The monoisotopic (exact) mass is 322 g/mol. The van der Waals surface area contributed by atoms with Crippen molar-refractivity contribution in [2.75, 3.05) is 55.0 Å². The fourth-order valence-corrected chi connectivity index (χ4v) is 2.92. The highest BCUT2D eigenvalue weighted by molar-refractivity contribution is 5.55. The lowest BCUT2D eigenvalue weighted by atomic mass is 10.1. The molecule has 0 bridgehead atoms. The molecule has 0 amide bonds. The normalized spacial score (nSPS) is 14.4. The third-order valence-corrected chi connectivity index (χ3v) is 4.40. The Morgan fingerprint density at radius 3 is 2.38 bits per heavy atom. The summed E-state index contributed by atoms with van der Waals surface area (Å²) in [5, 5.41) is 9.06. The molecule has 0 atom stereocenters. The molecule has 24 heavy (non-hydrogen) atoms. The minimum absolute atomic E-state index is 0.745. The van der Waals surface area contributed by atoms with Crippen LogP contribution in [-0.4, -0.2) is 50.2 Å². The molecule has 1 aliphatic rings. The van der Waals surface area contributed by atoms with Crippen LogP contribution in [0, 0.1) is 18.3 Å². The molecule has 0 radical (unpaired) electrons. The van der Waals surface area contributed by atoms with Gasteiger partial charge in [0.05, 0.1) is 11.6 Å². The average molecular weight is 322 g/mol. The molecule has 124 valence electrons. The summed E-state index contributed by atoms with van der Waals surface area (Å²) >= 11 is 0. The number of aromatic nitrogens is 2. The number of hydrogen-bond donors (Lipinski definition) is 0. The van der Waals surface area contributed by atoms with Crippen LogP contribution in [0.15, 0.2) is 30.6 Å². The van der Waals surface area contributed by atoms with Crippen molar-refractivity contribution < 1.29 is 0 Å². The van der Waals surface area contributed by atoms with Crippen LogP contribution >= 0.6 is 0 Å². The van der Waals surface area contributed by atoms with Gasteiger partial charge in [0.2, 0.25) is 0 Å². The average Bonchev–Trinajstić information content (AvgIpc) is 2.62. The highest BCUT2D eigenvalue weighted by atomic mass is 15.3. The van der Waals surface area contributed by atoms with Crippen LogP contribution in [0.4, 0.5) is 17.3 Å². The number of nitriles is 1. The Bertz CT molecular complexity index is 756. The number of nitrogens with zero attached hydrogens (tertiary/aromatic N) is 6. The van der Waals surface area contributed by atoms with Gasteiger partial charge in [-0.3, -0.25) is 0 Å². The minimum Gasteiger partial charge on any atom is -0.368 e. The van der Waals surface area contributed by atoms with Gasteiger partial charge in [-0.05, 0) is 30.7 Å². The lowest BCUT2D eigenvalue weighted by molar-refractivity contribution is 0.646. The van der Waals surface area contributed by atoms with Gasteiger partial charge in [0.25, 0.3) is 0 Å². The van der Waals surface area contributed by atoms with Gasteiger partial charge in [-0.15, -0.1) is 0 Å². The second-order valence-electron chi connectivity index (χ2n) is 6.21. The quantitative estimate of drug-likeness (QED) is 0.862. The van der Waals surface area contributed by atoms with Crippen LogP contribution in [0.5, 0.6) is 0 Å². The second-order valence-corrected chi connectivity index (χ2v) is 6.21. The van der Waals surface area contributed by atoms with E-state index in [0.717, 1.165) is 48.9 Å². The number of benzene rings is 1. The summed E-state index contributed by atoms with van der Waals surface area (Å²) in [5.41, 5.74) is 2.96. The zero-order chi connectivity index (χ0) is 17.1. The van der Waals surface area contributed by atoms with Crippen molar-refractivity contribution in [3.8, 4) is 6.07 Å². The van der Waals surface area contributed by atoms with Crippen molar-refractivity contribution in [2.24, 2.45) is 0 Å². The first-order valence-electron chi connectivity index (χ1n) is 8.08. The third-order valence-electron chi connectivity index (χ3n) is 4.40. The van der Waals surface area contributed by atoms with Gasteiger partial charge in [-0.1, -0.05) is 0 Å². The van der Waals surface area contributed by atoms with Gasteiger partial charge in [0.15, 0.2) is 0 Å². The maximum absolute atomic E-state index is 9.06. The molecule has 0 N–H and O–H groups in total. The molecule has 6 heteroatoms. The Morgan fingerprint density at radius 1 is 1.04 bits per heavy atom. The van der Waals surface area contributed by atoms with Gasteiger partial charge >= 0.3 is 0 Å². The topological polar surface area (TPSA) is 59.3 Å². The van der Waals surface area contributed by atoms with Crippen LogP contribution < -0.4 is 14.7 Å². The van der Waals surface area contributed by atoms with Crippen LogP contribution in [0.2, 0.25) is 0 Å². The Kier molecular flexibility index (Phi) is 4.52. The van der Waals surface area contributed by atoms with E-state index in [1.54, 1.807) is 6.33 Å². The Labute approximate surface area is 143 Å². The van der Waals surface area contributed by atoms with E-state index in [0.29, 0.717) is 0 Å². The van der Waals surface area contributed by atoms with Crippen LogP contribution in [-0.2, 0) is 0 Å². The van der Waals surface area contributed by atoms with E-state index in [9.17, 15) is 0 Å². The SMILES string of the molecule is Cc1cc(N2CCN(c3cc(N(C)C)ncn3)CC2)ccc1C#N. The van der Waals surface area contributed by atoms with E-state index in [1.807, 2.05) is 44.1 Å². The molecule has 2 aromatic rings. The highest BCUT2D eigenvalue weighted by Crippen LogP contribution is 2.23. The van der Waals surface area contributed by atoms with E-state index in [4.69, 9.17) is 5.26 Å². The first-order chi connectivity index (χ1) is 11.6. The van der Waals surface area contributed by atoms with E-state index in [1.165, 1.54) is 5.69 Å². The Morgan fingerprint density at radius 2 is 1.75 bits per heavy atom. The smallest absolute Gasteiger partial charge is 0.134 e. The van der Waals surface area contributed by atoms with E-state index >= 15 is 0 Å². The molecule has 0 saturated carbocycles. The molecule has 2 heterocycles.